The molecule has 1 nitrogen and oxygen atoms in total. The summed E-state index contributed by atoms with van der Waals surface area (Å²) in [4.78, 5) is 0. The number of methoxy groups -OCH3 is 1. The first-order valence-electron chi connectivity index (χ1n) is 4.31. The van der Waals surface area contributed by atoms with Crippen LogP contribution in [0.4, 0.5) is 0 Å². The molecule has 0 unspecified atom stereocenters. The summed E-state index contributed by atoms with van der Waals surface area (Å²) in [6.45, 7) is 3.94. The molecule has 0 heterocycles. The molecular formula is C11H13O. The first-order valence-corrected chi connectivity index (χ1v) is 4.31. The van der Waals surface area contributed by atoms with E-state index < -0.39 is 0 Å². The third kappa shape index (κ3) is 1.31. The SMILES string of the molecule is [CH2]c1cc(C2CC2)ccc1OC. The standard InChI is InChI=1S/C11H13O/c1-8-7-10(9-3-4-9)5-6-11(8)12-2/h5-7,9H,1,3-4H2,2H3. The molecule has 2 rings (SSSR count). The third-order valence-electron chi connectivity index (χ3n) is 2.35. The zero-order chi connectivity index (χ0) is 8.55. The summed E-state index contributed by atoms with van der Waals surface area (Å²) < 4.78 is 5.14. The quantitative estimate of drug-likeness (QED) is 0.648. The summed E-state index contributed by atoms with van der Waals surface area (Å²) in [6.07, 6.45) is 2.68. The van der Waals surface area contributed by atoms with E-state index in [2.05, 4.69) is 19.1 Å². The highest BCUT2D eigenvalue weighted by Gasteiger charge is 2.23. The Hall–Kier alpha value is -0.980. The van der Waals surface area contributed by atoms with Gasteiger partial charge >= 0.3 is 0 Å². The Bertz CT molecular complexity index is 287. The van der Waals surface area contributed by atoms with Gasteiger partial charge in [-0.05, 0) is 42.9 Å². The second-order valence-electron chi connectivity index (χ2n) is 3.35. The molecule has 12 heavy (non-hydrogen) atoms. The Morgan fingerprint density at radius 2 is 2.17 bits per heavy atom. The fourth-order valence-electron chi connectivity index (χ4n) is 1.47. The van der Waals surface area contributed by atoms with E-state index in [0.717, 1.165) is 17.2 Å². The molecule has 1 radical (unpaired) electrons. The van der Waals surface area contributed by atoms with Crippen LogP contribution in [0.1, 0.15) is 29.9 Å². The maximum absolute atomic E-state index is 5.14. The maximum Gasteiger partial charge on any atom is 0.122 e. The lowest BCUT2D eigenvalue weighted by Gasteiger charge is -2.05. The summed E-state index contributed by atoms with van der Waals surface area (Å²) in [7, 11) is 1.68. The van der Waals surface area contributed by atoms with E-state index in [4.69, 9.17) is 4.74 Å². The van der Waals surface area contributed by atoms with Crippen molar-refractivity contribution in [3.05, 3.63) is 36.2 Å². The van der Waals surface area contributed by atoms with Crippen molar-refractivity contribution in [2.75, 3.05) is 7.11 Å². The molecule has 1 fully saturated rings. The van der Waals surface area contributed by atoms with E-state index in [1.807, 2.05) is 6.07 Å². The van der Waals surface area contributed by atoms with Crippen molar-refractivity contribution in [1.29, 1.82) is 0 Å². The molecule has 0 amide bonds. The maximum atomic E-state index is 5.14. The van der Waals surface area contributed by atoms with Crippen LogP contribution >= 0.6 is 0 Å². The molecule has 0 atom stereocenters. The normalized spacial score (nSPS) is 16.2. The summed E-state index contributed by atoms with van der Waals surface area (Å²) in [5.74, 6) is 1.69. The van der Waals surface area contributed by atoms with Gasteiger partial charge in [0.1, 0.15) is 5.75 Å². The molecule has 1 saturated carbocycles. The average molecular weight is 161 g/mol. The van der Waals surface area contributed by atoms with Gasteiger partial charge in [0.05, 0.1) is 7.11 Å². The predicted molar refractivity (Wildman–Crippen MR) is 49.4 cm³/mol. The van der Waals surface area contributed by atoms with Crippen molar-refractivity contribution in [2.24, 2.45) is 0 Å². The molecule has 0 N–H and O–H groups in total. The lowest BCUT2D eigenvalue weighted by molar-refractivity contribution is 0.413. The molecular weight excluding hydrogens is 148 g/mol. The van der Waals surface area contributed by atoms with Crippen LogP contribution in [-0.2, 0) is 0 Å². The minimum absolute atomic E-state index is 0.802. The van der Waals surface area contributed by atoms with Gasteiger partial charge in [-0.3, -0.25) is 0 Å². The van der Waals surface area contributed by atoms with E-state index in [0.29, 0.717) is 0 Å². The third-order valence-corrected chi connectivity index (χ3v) is 2.35. The summed E-state index contributed by atoms with van der Waals surface area (Å²) in [6, 6.07) is 6.29. The molecule has 63 valence electrons. The number of rotatable bonds is 2. The van der Waals surface area contributed by atoms with Crippen molar-refractivity contribution in [2.45, 2.75) is 18.8 Å². The zero-order valence-electron chi connectivity index (χ0n) is 7.34. The van der Waals surface area contributed by atoms with Crippen LogP contribution in [0.3, 0.4) is 0 Å². The summed E-state index contributed by atoms with van der Waals surface area (Å²) in [5, 5.41) is 0. The van der Waals surface area contributed by atoms with Crippen molar-refractivity contribution in [3.8, 4) is 5.75 Å². The number of benzene rings is 1. The second kappa shape index (κ2) is 2.81. The molecule has 1 heteroatoms. The molecule has 1 aliphatic carbocycles. The molecule has 0 spiro atoms. The number of ether oxygens (including phenoxy) is 1. The van der Waals surface area contributed by atoms with Crippen LogP contribution in [0.5, 0.6) is 5.75 Å². The topological polar surface area (TPSA) is 9.23 Å². The van der Waals surface area contributed by atoms with Crippen LogP contribution in [0, 0.1) is 6.92 Å². The Morgan fingerprint density at radius 1 is 1.42 bits per heavy atom. The Morgan fingerprint density at radius 3 is 2.67 bits per heavy atom. The van der Waals surface area contributed by atoms with E-state index in [1.165, 1.54) is 18.4 Å². The molecule has 0 aliphatic heterocycles. The highest BCUT2D eigenvalue weighted by molar-refractivity contribution is 5.41. The monoisotopic (exact) mass is 161 g/mol. The van der Waals surface area contributed by atoms with Crippen molar-refractivity contribution < 1.29 is 4.74 Å². The van der Waals surface area contributed by atoms with Crippen LogP contribution in [-0.4, -0.2) is 7.11 Å². The van der Waals surface area contributed by atoms with Gasteiger partial charge < -0.3 is 4.74 Å². The van der Waals surface area contributed by atoms with E-state index in [-0.39, 0.29) is 0 Å². The fourth-order valence-corrected chi connectivity index (χ4v) is 1.47. The first kappa shape index (κ1) is 7.66. The number of hydrogen-bond acceptors (Lipinski definition) is 1. The van der Waals surface area contributed by atoms with Crippen LogP contribution in [0.15, 0.2) is 18.2 Å². The van der Waals surface area contributed by atoms with Crippen molar-refractivity contribution in [3.63, 3.8) is 0 Å². The van der Waals surface area contributed by atoms with E-state index in [1.54, 1.807) is 7.11 Å². The van der Waals surface area contributed by atoms with Crippen LogP contribution < -0.4 is 4.74 Å². The van der Waals surface area contributed by atoms with Crippen molar-refractivity contribution in [1.82, 2.24) is 0 Å². The summed E-state index contributed by atoms with van der Waals surface area (Å²) in [5.41, 5.74) is 2.42. The zero-order valence-corrected chi connectivity index (χ0v) is 7.34. The minimum atomic E-state index is 0.802. The van der Waals surface area contributed by atoms with E-state index >= 15 is 0 Å². The molecule has 0 saturated heterocycles. The van der Waals surface area contributed by atoms with Gasteiger partial charge in [-0.25, -0.2) is 0 Å². The highest BCUT2D eigenvalue weighted by Crippen LogP contribution is 2.41. The van der Waals surface area contributed by atoms with Gasteiger partial charge in [0, 0.05) is 0 Å². The Labute approximate surface area is 73.4 Å². The van der Waals surface area contributed by atoms with E-state index in [9.17, 15) is 0 Å². The molecule has 0 aromatic heterocycles. The summed E-state index contributed by atoms with van der Waals surface area (Å²) >= 11 is 0. The molecule has 1 aliphatic rings. The van der Waals surface area contributed by atoms with Gasteiger partial charge in [-0.15, -0.1) is 0 Å². The second-order valence-corrected chi connectivity index (χ2v) is 3.35. The predicted octanol–water partition coefficient (Wildman–Crippen LogP) is 2.75. The van der Waals surface area contributed by atoms with Crippen LogP contribution in [0.2, 0.25) is 0 Å². The minimum Gasteiger partial charge on any atom is -0.496 e. The van der Waals surface area contributed by atoms with Crippen molar-refractivity contribution >= 4 is 0 Å². The largest absolute Gasteiger partial charge is 0.496 e. The average Bonchev–Trinajstić information content (AvgIpc) is 2.86. The highest BCUT2D eigenvalue weighted by atomic mass is 16.5. The Balaban J connectivity index is 2.30. The molecule has 1 aromatic rings. The van der Waals surface area contributed by atoms with Gasteiger partial charge in [0.25, 0.3) is 0 Å². The van der Waals surface area contributed by atoms with Gasteiger partial charge in [0.2, 0.25) is 0 Å². The smallest absolute Gasteiger partial charge is 0.122 e. The first-order chi connectivity index (χ1) is 5.81. The van der Waals surface area contributed by atoms with Gasteiger partial charge in [-0.2, -0.15) is 0 Å². The number of hydrogen-bond donors (Lipinski definition) is 0. The van der Waals surface area contributed by atoms with Gasteiger partial charge in [0.15, 0.2) is 0 Å². The van der Waals surface area contributed by atoms with Crippen LogP contribution in [0.25, 0.3) is 0 Å². The lowest BCUT2D eigenvalue weighted by Crippen LogP contribution is -1.88. The lowest BCUT2D eigenvalue weighted by atomic mass is 10.1. The molecule has 0 bridgehead atoms. The molecule has 1 aromatic carbocycles. The van der Waals surface area contributed by atoms with Gasteiger partial charge in [-0.1, -0.05) is 12.1 Å². The Kier molecular flexibility index (Phi) is 1.80. The fraction of sp³-hybridized carbons (Fsp3) is 0.364.